The van der Waals surface area contributed by atoms with E-state index in [4.69, 9.17) is 0 Å². The Morgan fingerprint density at radius 3 is 2.65 bits per heavy atom. The summed E-state index contributed by atoms with van der Waals surface area (Å²) in [5.74, 6) is 0. The molecule has 1 aromatic rings. The molecule has 2 heteroatoms. The molecule has 0 bridgehead atoms. The second-order valence-corrected chi connectivity index (χ2v) is 5.47. The predicted octanol–water partition coefficient (Wildman–Crippen LogP) is 5.07. The van der Waals surface area contributed by atoms with Crippen LogP contribution in [0.15, 0.2) is 28.7 Å². The van der Waals surface area contributed by atoms with Gasteiger partial charge in [0.15, 0.2) is 0 Å². The molecule has 0 aliphatic carbocycles. The van der Waals surface area contributed by atoms with Crippen molar-refractivity contribution >= 4 is 15.9 Å². The maximum absolute atomic E-state index is 3.65. The van der Waals surface area contributed by atoms with E-state index in [1.165, 1.54) is 42.1 Å². The molecule has 1 N–H and O–H groups in total. The molecule has 1 unspecified atom stereocenters. The number of nitrogens with one attached hydrogen (secondary N) is 1. The minimum absolute atomic E-state index is 0.513. The second-order valence-electron chi connectivity index (χ2n) is 4.56. The van der Waals surface area contributed by atoms with Crippen molar-refractivity contribution < 1.29 is 0 Å². The van der Waals surface area contributed by atoms with Crippen molar-refractivity contribution in [2.75, 3.05) is 6.54 Å². The van der Waals surface area contributed by atoms with Crippen LogP contribution in [0.2, 0.25) is 0 Å². The standard InChI is InChI=1S/C15H24BrN/c1-3-5-6-10-15(17-11-4-2)13-8-7-9-14(16)12-13/h7-9,12,15,17H,3-6,10-11H2,1-2H3. The molecule has 0 aliphatic heterocycles. The second kappa shape index (κ2) is 8.71. The highest BCUT2D eigenvalue weighted by atomic mass is 79.9. The zero-order valence-corrected chi connectivity index (χ0v) is 12.6. The first kappa shape index (κ1) is 14.7. The monoisotopic (exact) mass is 297 g/mol. The fourth-order valence-corrected chi connectivity index (χ4v) is 2.44. The molecular weight excluding hydrogens is 274 g/mol. The van der Waals surface area contributed by atoms with Gasteiger partial charge in [0.25, 0.3) is 0 Å². The van der Waals surface area contributed by atoms with E-state index in [1.807, 2.05) is 0 Å². The molecule has 1 atom stereocenters. The van der Waals surface area contributed by atoms with Crippen molar-refractivity contribution in [3.63, 3.8) is 0 Å². The summed E-state index contributed by atoms with van der Waals surface area (Å²) < 4.78 is 1.17. The highest BCUT2D eigenvalue weighted by Crippen LogP contribution is 2.23. The summed E-state index contributed by atoms with van der Waals surface area (Å²) in [6, 6.07) is 9.19. The van der Waals surface area contributed by atoms with Crippen LogP contribution in [0, 0.1) is 0 Å². The van der Waals surface area contributed by atoms with Gasteiger partial charge in [0.05, 0.1) is 0 Å². The SMILES string of the molecule is CCCCCC(NCCC)c1cccc(Br)c1. The number of hydrogen-bond acceptors (Lipinski definition) is 1. The van der Waals surface area contributed by atoms with Gasteiger partial charge in [-0.1, -0.05) is 61.2 Å². The maximum Gasteiger partial charge on any atom is 0.0320 e. The Balaban J connectivity index is 2.60. The van der Waals surface area contributed by atoms with Gasteiger partial charge in [-0.3, -0.25) is 0 Å². The first-order valence-electron chi connectivity index (χ1n) is 6.76. The zero-order valence-electron chi connectivity index (χ0n) is 11.0. The van der Waals surface area contributed by atoms with E-state index in [2.05, 4.69) is 59.4 Å². The van der Waals surface area contributed by atoms with Crippen LogP contribution in [-0.2, 0) is 0 Å². The molecule has 96 valence electrons. The molecule has 0 radical (unpaired) electrons. The van der Waals surface area contributed by atoms with Crippen LogP contribution in [-0.4, -0.2) is 6.54 Å². The Bertz CT molecular complexity index is 312. The molecule has 1 aromatic carbocycles. The summed E-state index contributed by atoms with van der Waals surface area (Å²) >= 11 is 3.55. The molecule has 0 aromatic heterocycles. The van der Waals surface area contributed by atoms with E-state index in [0.29, 0.717) is 6.04 Å². The normalized spacial score (nSPS) is 12.6. The first-order valence-corrected chi connectivity index (χ1v) is 7.56. The topological polar surface area (TPSA) is 12.0 Å². The van der Waals surface area contributed by atoms with E-state index in [-0.39, 0.29) is 0 Å². The van der Waals surface area contributed by atoms with E-state index in [9.17, 15) is 0 Å². The highest BCUT2D eigenvalue weighted by molar-refractivity contribution is 9.10. The Labute approximate surface area is 114 Å². The highest BCUT2D eigenvalue weighted by Gasteiger charge is 2.10. The Morgan fingerprint density at radius 1 is 1.18 bits per heavy atom. The molecule has 17 heavy (non-hydrogen) atoms. The smallest absolute Gasteiger partial charge is 0.0320 e. The van der Waals surface area contributed by atoms with E-state index in [1.54, 1.807) is 0 Å². The van der Waals surface area contributed by atoms with Crippen LogP contribution in [0.1, 0.15) is 57.6 Å². The maximum atomic E-state index is 3.65. The molecule has 0 saturated carbocycles. The van der Waals surface area contributed by atoms with E-state index >= 15 is 0 Å². The van der Waals surface area contributed by atoms with Gasteiger partial charge in [0.1, 0.15) is 0 Å². The van der Waals surface area contributed by atoms with Gasteiger partial charge in [-0.2, -0.15) is 0 Å². The van der Waals surface area contributed by atoms with Crippen molar-refractivity contribution in [1.82, 2.24) is 5.32 Å². The molecule has 1 rings (SSSR count). The van der Waals surface area contributed by atoms with Gasteiger partial charge in [-0.25, -0.2) is 0 Å². The van der Waals surface area contributed by atoms with Crippen molar-refractivity contribution in [2.45, 2.75) is 52.0 Å². The van der Waals surface area contributed by atoms with Gasteiger partial charge in [0.2, 0.25) is 0 Å². The summed E-state index contributed by atoms with van der Waals surface area (Å²) in [5.41, 5.74) is 1.41. The van der Waals surface area contributed by atoms with Crippen LogP contribution in [0.4, 0.5) is 0 Å². The lowest BCUT2D eigenvalue weighted by Crippen LogP contribution is -2.22. The predicted molar refractivity (Wildman–Crippen MR) is 79.3 cm³/mol. The average molecular weight is 298 g/mol. The van der Waals surface area contributed by atoms with Crippen LogP contribution in [0.5, 0.6) is 0 Å². The molecule has 0 fully saturated rings. The Kier molecular flexibility index (Phi) is 7.54. The van der Waals surface area contributed by atoms with Gasteiger partial charge in [0, 0.05) is 10.5 Å². The van der Waals surface area contributed by atoms with Crippen molar-refractivity contribution in [3.05, 3.63) is 34.3 Å². The summed E-state index contributed by atoms with van der Waals surface area (Å²) in [7, 11) is 0. The van der Waals surface area contributed by atoms with Gasteiger partial charge >= 0.3 is 0 Å². The number of benzene rings is 1. The fourth-order valence-electron chi connectivity index (χ4n) is 2.03. The van der Waals surface area contributed by atoms with Crippen molar-refractivity contribution in [3.8, 4) is 0 Å². The number of unbranched alkanes of at least 4 members (excludes halogenated alkanes) is 2. The molecule has 0 amide bonds. The van der Waals surface area contributed by atoms with Crippen LogP contribution in [0.3, 0.4) is 0 Å². The summed E-state index contributed by atoms with van der Waals surface area (Å²) in [6.07, 6.45) is 6.37. The molecular formula is C15H24BrN. The third-order valence-corrected chi connectivity index (χ3v) is 3.48. The first-order chi connectivity index (χ1) is 8.27. The van der Waals surface area contributed by atoms with Crippen molar-refractivity contribution in [2.24, 2.45) is 0 Å². The van der Waals surface area contributed by atoms with Crippen molar-refractivity contribution in [1.29, 1.82) is 0 Å². The van der Waals surface area contributed by atoms with Crippen LogP contribution >= 0.6 is 15.9 Å². The van der Waals surface area contributed by atoms with Gasteiger partial charge in [-0.15, -0.1) is 0 Å². The van der Waals surface area contributed by atoms with Crippen LogP contribution in [0.25, 0.3) is 0 Å². The lowest BCUT2D eigenvalue weighted by atomic mass is 10.0. The molecule has 0 aliphatic rings. The minimum Gasteiger partial charge on any atom is -0.310 e. The summed E-state index contributed by atoms with van der Waals surface area (Å²) in [4.78, 5) is 0. The fraction of sp³-hybridized carbons (Fsp3) is 0.600. The minimum atomic E-state index is 0.513. The third-order valence-electron chi connectivity index (χ3n) is 2.99. The number of hydrogen-bond donors (Lipinski definition) is 1. The van der Waals surface area contributed by atoms with E-state index < -0.39 is 0 Å². The molecule has 0 saturated heterocycles. The molecule has 0 spiro atoms. The number of halogens is 1. The molecule has 1 nitrogen and oxygen atoms in total. The summed E-state index contributed by atoms with van der Waals surface area (Å²) in [5, 5.41) is 3.65. The Morgan fingerprint density at radius 2 is 2.00 bits per heavy atom. The largest absolute Gasteiger partial charge is 0.310 e. The molecule has 0 heterocycles. The van der Waals surface area contributed by atoms with E-state index in [0.717, 1.165) is 6.54 Å². The lowest BCUT2D eigenvalue weighted by molar-refractivity contribution is 0.474. The average Bonchev–Trinajstić information content (AvgIpc) is 2.33. The summed E-state index contributed by atoms with van der Waals surface area (Å²) in [6.45, 7) is 5.58. The quantitative estimate of drug-likeness (QED) is 0.661. The third kappa shape index (κ3) is 5.69. The van der Waals surface area contributed by atoms with Gasteiger partial charge in [-0.05, 0) is 37.1 Å². The van der Waals surface area contributed by atoms with Gasteiger partial charge < -0.3 is 5.32 Å². The lowest BCUT2D eigenvalue weighted by Gasteiger charge is -2.19. The number of rotatable bonds is 8. The Hall–Kier alpha value is -0.340. The van der Waals surface area contributed by atoms with Crippen LogP contribution < -0.4 is 5.32 Å². The zero-order chi connectivity index (χ0) is 12.5.